The van der Waals surface area contributed by atoms with Crippen LogP contribution in [0.1, 0.15) is 17.9 Å². The number of carboxylic acid groups (broad SMARTS) is 1. The number of aliphatic carboxylic acids is 1. The minimum absolute atomic E-state index is 0.0427. The third-order valence-electron chi connectivity index (χ3n) is 4.12. The molecule has 108 valence electrons. The van der Waals surface area contributed by atoms with E-state index in [-0.39, 0.29) is 5.92 Å². The molecule has 1 saturated heterocycles. The van der Waals surface area contributed by atoms with Crippen LogP contribution >= 0.6 is 0 Å². The van der Waals surface area contributed by atoms with Gasteiger partial charge in [-0.2, -0.15) is 0 Å². The molecule has 0 radical (unpaired) electrons. The molecule has 0 amide bonds. The lowest BCUT2D eigenvalue weighted by Gasteiger charge is -2.29. The van der Waals surface area contributed by atoms with Crippen LogP contribution in [0.25, 0.3) is 11.1 Å². The summed E-state index contributed by atoms with van der Waals surface area (Å²) in [6.45, 7) is 0.940. The van der Waals surface area contributed by atoms with Gasteiger partial charge in [0.2, 0.25) is 0 Å². The maximum absolute atomic E-state index is 11.3. The van der Waals surface area contributed by atoms with Crippen molar-refractivity contribution in [3.05, 3.63) is 60.2 Å². The van der Waals surface area contributed by atoms with Crippen LogP contribution in [-0.4, -0.2) is 24.3 Å². The molecule has 0 unspecified atom stereocenters. The largest absolute Gasteiger partial charge is 0.481 e. The second kappa shape index (κ2) is 6.10. The Morgan fingerprint density at radius 2 is 1.67 bits per heavy atom. The summed E-state index contributed by atoms with van der Waals surface area (Å²) in [5.74, 6) is -1.17. The fourth-order valence-corrected chi connectivity index (χ4v) is 2.93. The Bertz CT molecular complexity index is 604. The number of carbonyl (C=O) groups is 1. The van der Waals surface area contributed by atoms with E-state index in [9.17, 15) is 9.90 Å². The van der Waals surface area contributed by atoms with Crippen molar-refractivity contribution in [3.8, 4) is 11.1 Å². The molecule has 0 saturated carbocycles. The van der Waals surface area contributed by atoms with E-state index in [2.05, 4.69) is 24.3 Å². The van der Waals surface area contributed by atoms with Crippen molar-refractivity contribution >= 4 is 5.97 Å². The lowest BCUT2D eigenvalue weighted by atomic mass is 9.82. The highest BCUT2D eigenvalue weighted by Gasteiger charge is 2.32. The van der Waals surface area contributed by atoms with Crippen LogP contribution in [-0.2, 0) is 9.53 Å². The third kappa shape index (κ3) is 2.98. The zero-order valence-electron chi connectivity index (χ0n) is 11.7. The van der Waals surface area contributed by atoms with E-state index in [0.29, 0.717) is 13.2 Å². The van der Waals surface area contributed by atoms with Crippen molar-refractivity contribution in [2.24, 2.45) is 5.92 Å². The first-order valence-electron chi connectivity index (χ1n) is 7.21. The molecule has 1 heterocycles. The van der Waals surface area contributed by atoms with Crippen molar-refractivity contribution in [3.63, 3.8) is 0 Å². The molecule has 0 aliphatic carbocycles. The molecule has 1 aliphatic rings. The highest BCUT2D eigenvalue weighted by molar-refractivity contribution is 5.72. The zero-order chi connectivity index (χ0) is 14.7. The Kier molecular flexibility index (Phi) is 4.02. The van der Waals surface area contributed by atoms with Gasteiger partial charge in [-0.25, -0.2) is 0 Å². The number of benzene rings is 2. The Hall–Kier alpha value is -2.13. The Labute approximate surface area is 124 Å². The van der Waals surface area contributed by atoms with Gasteiger partial charge in [-0.05, 0) is 23.1 Å². The number of hydrogen-bond acceptors (Lipinski definition) is 2. The van der Waals surface area contributed by atoms with Crippen molar-refractivity contribution < 1.29 is 14.6 Å². The van der Waals surface area contributed by atoms with E-state index in [1.54, 1.807) is 0 Å². The van der Waals surface area contributed by atoms with Crippen LogP contribution in [0.15, 0.2) is 54.6 Å². The molecular formula is C18H18O3. The minimum atomic E-state index is -0.771. The quantitative estimate of drug-likeness (QED) is 0.936. The lowest BCUT2D eigenvalue weighted by Crippen LogP contribution is -2.32. The first kappa shape index (κ1) is 13.8. The molecular weight excluding hydrogens is 264 g/mol. The predicted octanol–water partition coefficient (Wildman–Crippen LogP) is 3.56. The summed E-state index contributed by atoms with van der Waals surface area (Å²) < 4.78 is 5.31. The molecule has 0 spiro atoms. The van der Waals surface area contributed by atoms with Gasteiger partial charge in [0.25, 0.3) is 0 Å². The summed E-state index contributed by atoms with van der Waals surface area (Å²) in [6, 6.07) is 18.4. The molecule has 1 fully saturated rings. The van der Waals surface area contributed by atoms with E-state index in [4.69, 9.17) is 4.74 Å². The highest BCUT2D eigenvalue weighted by Crippen LogP contribution is 2.33. The number of rotatable bonds is 3. The molecule has 0 bridgehead atoms. The maximum Gasteiger partial charge on any atom is 0.309 e. The minimum Gasteiger partial charge on any atom is -0.481 e. The second-order valence-corrected chi connectivity index (χ2v) is 5.40. The van der Waals surface area contributed by atoms with Crippen molar-refractivity contribution in [2.75, 3.05) is 13.2 Å². The highest BCUT2D eigenvalue weighted by atomic mass is 16.5. The second-order valence-electron chi connectivity index (χ2n) is 5.40. The van der Waals surface area contributed by atoms with Gasteiger partial charge in [-0.3, -0.25) is 4.79 Å². The summed E-state index contributed by atoms with van der Waals surface area (Å²) in [5.41, 5.74) is 3.41. The Morgan fingerprint density at radius 3 is 2.33 bits per heavy atom. The van der Waals surface area contributed by atoms with Crippen LogP contribution in [0.2, 0.25) is 0 Å². The SMILES string of the molecule is O=C(O)[C@@H]1COCC[C@@H]1c1ccc(-c2ccccc2)cc1. The maximum atomic E-state index is 11.3. The van der Waals surface area contributed by atoms with Gasteiger partial charge in [0, 0.05) is 12.5 Å². The zero-order valence-corrected chi connectivity index (χ0v) is 11.7. The first-order valence-corrected chi connectivity index (χ1v) is 7.21. The summed E-state index contributed by atoms with van der Waals surface area (Å²) in [5, 5.41) is 9.32. The molecule has 1 aliphatic heterocycles. The predicted molar refractivity (Wildman–Crippen MR) is 81.2 cm³/mol. The van der Waals surface area contributed by atoms with Gasteiger partial charge in [-0.15, -0.1) is 0 Å². The molecule has 2 aromatic rings. The summed E-state index contributed by atoms with van der Waals surface area (Å²) in [6.07, 6.45) is 0.766. The fraction of sp³-hybridized carbons (Fsp3) is 0.278. The Morgan fingerprint density at radius 1 is 1.00 bits per heavy atom. The van der Waals surface area contributed by atoms with Crippen molar-refractivity contribution in [1.29, 1.82) is 0 Å². The van der Waals surface area contributed by atoms with Crippen LogP contribution in [0, 0.1) is 5.92 Å². The van der Waals surface area contributed by atoms with E-state index < -0.39 is 11.9 Å². The van der Waals surface area contributed by atoms with Gasteiger partial charge in [0.1, 0.15) is 0 Å². The molecule has 1 N–H and O–H groups in total. The average molecular weight is 282 g/mol. The number of carboxylic acids is 1. The van der Waals surface area contributed by atoms with E-state index in [1.807, 2.05) is 30.3 Å². The number of hydrogen-bond donors (Lipinski definition) is 1. The molecule has 3 nitrogen and oxygen atoms in total. The van der Waals surface area contributed by atoms with Crippen molar-refractivity contribution in [1.82, 2.24) is 0 Å². The smallest absolute Gasteiger partial charge is 0.309 e. The van der Waals surface area contributed by atoms with Gasteiger partial charge >= 0.3 is 5.97 Å². The van der Waals surface area contributed by atoms with Gasteiger partial charge in [0.05, 0.1) is 12.5 Å². The fourth-order valence-electron chi connectivity index (χ4n) is 2.93. The molecule has 21 heavy (non-hydrogen) atoms. The van der Waals surface area contributed by atoms with Gasteiger partial charge < -0.3 is 9.84 Å². The van der Waals surface area contributed by atoms with Gasteiger partial charge in [-0.1, -0.05) is 54.6 Å². The molecule has 0 aromatic heterocycles. The van der Waals surface area contributed by atoms with Crippen LogP contribution < -0.4 is 0 Å². The molecule has 3 rings (SSSR count). The van der Waals surface area contributed by atoms with Crippen molar-refractivity contribution in [2.45, 2.75) is 12.3 Å². The normalized spacial score (nSPS) is 21.9. The third-order valence-corrected chi connectivity index (χ3v) is 4.12. The van der Waals surface area contributed by atoms with Crippen LogP contribution in [0.4, 0.5) is 0 Å². The summed E-state index contributed by atoms with van der Waals surface area (Å²) in [7, 11) is 0. The topological polar surface area (TPSA) is 46.5 Å². The Balaban J connectivity index is 1.85. The summed E-state index contributed by atoms with van der Waals surface area (Å²) in [4.78, 5) is 11.3. The van der Waals surface area contributed by atoms with E-state index in [1.165, 1.54) is 5.56 Å². The first-order chi connectivity index (χ1) is 10.3. The molecule has 2 atom stereocenters. The summed E-state index contributed by atoms with van der Waals surface area (Å²) >= 11 is 0. The van der Waals surface area contributed by atoms with Crippen LogP contribution in [0.5, 0.6) is 0 Å². The molecule has 3 heteroatoms. The monoisotopic (exact) mass is 282 g/mol. The van der Waals surface area contributed by atoms with E-state index in [0.717, 1.165) is 17.5 Å². The average Bonchev–Trinajstić information content (AvgIpc) is 2.56. The van der Waals surface area contributed by atoms with Crippen LogP contribution in [0.3, 0.4) is 0 Å². The van der Waals surface area contributed by atoms with Gasteiger partial charge in [0.15, 0.2) is 0 Å². The standard InChI is InChI=1S/C18H18O3/c19-18(20)17-12-21-11-10-16(17)15-8-6-14(7-9-15)13-4-2-1-3-5-13/h1-9,16-17H,10-12H2,(H,19,20)/t16-,17-/m1/s1. The number of ether oxygens (including phenoxy) is 1. The lowest BCUT2D eigenvalue weighted by molar-refractivity contribution is -0.147. The van der Waals surface area contributed by atoms with E-state index >= 15 is 0 Å². The molecule has 2 aromatic carbocycles.